The van der Waals surface area contributed by atoms with Crippen LogP contribution in [0.4, 0.5) is 22.0 Å². The van der Waals surface area contributed by atoms with Crippen LogP contribution in [0.15, 0.2) is 24.3 Å². The normalized spacial score (nSPS) is 19.0. The number of carbonyl (C=O) groups is 1. The van der Waals surface area contributed by atoms with Crippen LogP contribution >= 0.6 is 0 Å². The van der Waals surface area contributed by atoms with Gasteiger partial charge in [-0.1, -0.05) is 0 Å². The standard InChI is InChI=1S/C20H29N5O4S/c1-12(2)21-20(26)29-16-7-5-14(10-16)18-11-19(24-23-18)22-15-6-8-17(13(3)9-15)25-30(4,27)28/h6,8-9,11-12,14,16,25H,5,7,10H2,1-4H3,(H,21,26)(H2,22,23,24)/t14-,16+/m0/s1. The molecule has 1 aromatic carbocycles. The minimum absolute atomic E-state index is 0.0517. The molecular weight excluding hydrogens is 406 g/mol. The Labute approximate surface area is 177 Å². The Hall–Kier alpha value is -2.75. The number of nitrogens with one attached hydrogen (secondary N) is 4. The molecule has 1 amide bonds. The third-order valence-corrected chi connectivity index (χ3v) is 5.49. The van der Waals surface area contributed by atoms with Crippen LogP contribution in [0.1, 0.15) is 50.3 Å². The van der Waals surface area contributed by atoms with Crippen molar-refractivity contribution in [3.8, 4) is 0 Å². The van der Waals surface area contributed by atoms with E-state index in [0.29, 0.717) is 11.5 Å². The van der Waals surface area contributed by atoms with E-state index in [1.54, 1.807) is 12.1 Å². The first kappa shape index (κ1) is 21.9. The molecule has 1 aliphatic carbocycles. The summed E-state index contributed by atoms with van der Waals surface area (Å²) in [6, 6.07) is 7.37. The number of aryl methyl sites for hydroxylation is 1. The summed E-state index contributed by atoms with van der Waals surface area (Å²) < 4.78 is 30.8. The van der Waals surface area contributed by atoms with Crippen molar-refractivity contribution in [2.75, 3.05) is 16.3 Å². The molecule has 0 radical (unpaired) electrons. The fourth-order valence-electron chi connectivity index (χ4n) is 3.56. The van der Waals surface area contributed by atoms with E-state index in [0.717, 1.165) is 42.5 Å². The minimum Gasteiger partial charge on any atom is -0.446 e. The molecule has 0 aliphatic heterocycles. The topological polar surface area (TPSA) is 125 Å². The molecule has 1 fully saturated rings. The SMILES string of the molecule is Cc1cc(Nc2cc([C@H]3CC[C@@H](OC(=O)NC(C)C)C3)[nH]n2)ccc1NS(C)(=O)=O. The number of benzene rings is 1. The summed E-state index contributed by atoms with van der Waals surface area (Å²) in [7, 11) is -3.32. The summed E-state index contributed by atoms with van der Waals surface area (Å²) in [5.74, 6) is 0.933. The van der Waals surface area contributed by atoms with Crippen molar-refractivity contribution >= 4 is 33.3 Å². The highest BCUT2D eigenvalue weighted by Gasteiger charge is 2.30. The van der Waals surface area contributed by atoms with Crippen LogP contribution in [0, 0.1) is 6.92 Å². The molecule has 0 spiro atoms. The lowest BCUT2D eigenvalue weighted by Crippen LogP contribution is -2.33. The van der Waals surface area contributed by atoms with Gasteiger partial charge in [-0.3, -0.25) is 9.82 Å². The van der Waals surface area contributed by atoms with Crippen LogP contribution < -0.4 is 15.4 Å². The summed E-state index contributed by atoms with van der Waals surface area (Å²) in [6.07, 6.45) is 3.17. The number of nitrogens with zero attached hydrogens (tertiary/aromatic N) is 1. The van der Waals surface area contributed by atoms with E-state index in [2.05, 4.69) is 25.6 Å². The number of anilines is 3. The lowest BCUT2D eigenvalue weighted by molar-refractivity contribution is 0.0981. The molecule has 10 heteroatoms. The van der Waals surface area contributed by atoms with Gasteiger partial charge in [0.2, 0.25) is 10.0 Å². The molecule has 164 valence electrons. The minimum atomic E-state index is -3.32. The van der Waals surface area contributed by atoms with Gasteiger partial charge in [0, 0.05) is 29.4 Å². The van der Waals surface area contributed by atoms with Gasteiger partial charge < -0.3 is 15.4 Å². The Morgan fingerprint density at radius 1 is 1.27 bits per heavy atom. The van der Waals surface area contributed by atoms with Crippen molar-refractivity contribution in [2.45, 2.75) is 58.1 Å². The lowest BCUT2D eigenvalue weighted by Gasteiger charge is -2.14. The highest BCUT2D eigenvalue weighted by Crippen LogP contribution is 2.36. The second kappa shape index (κ2) is 8.95. The van der Waals surface area contributed by atoms with Crippen molar-refractivity contribution in [1.82, 2.24) is 15.5 Å². The lowest BCUT2D eigenvalue weighted by atomic mass is 10.0. The maximum Gasteiger partial charge on any atom is 0.407 e. The van der Waals surface area contributed by atoms with Crippen LogP contribution in [0.3, 0.4) is 0 Å². The van der Waals surface area contributed by atoms with Gasteiger partial charge in [0.05, 0.1) is 11.9 Å². The third-order valence-electron chi connectivity index (χ3n) is 4.90. The Morgan fingerprint density at radius 2 is 2.03 bits per heavy atom. The largest absolute Gasteiger partial charge is 0.446 e. The molecule has 1 aliphatic rings. The summed E-state index contributed by atoms with van der Waals surface area (Å²) >= 11 is 0. The maximum atomic E-state index is 11.8. The predicted octanol–water partition coefficient (Wildman–Crippen LogP) is 3.60. The molecule has 30 heavy (non-hydrogen) atoms. The molecule has 2 aromatic rings. The second-order valence-corrected chi connectivity index (χ2v) is 9.82. The zero-order chi connectivity index (χ0) is 21.9. The molecule has 3 rings (SSSR count). The zero-order valence-corrected chi connectivity index (χ0v) is 18.5. The number of alkyl carbamates (subject to hydrolysis) is 1. The first-order valence-corrected chi connectivity index (χ1v) is 11.9. The Bertz CT molecular complexity index is 1000. The smallest absolute Gasteiger partial charge is 0.407 e. The highest BCUT2D eigenvalue weighted by molar-refractivity contribution is 7.92. The van der Waals surface area contributed by atoms with E-state index in [9.17, 15) is 13.2 Å². The molecule has 1 aromatic heterocycles. The molecule has 0 unspecified atom stereocenters. The van der Waals surface area contributed by atoms with Gasteiger partial charge in [0.1, 0.15) is 6.10 Å². The fraction of sp³-hybridized carbons (Fsp3) is 0.500. The van der Waals surface area contributed by atoms with E-state index in [4.69, 9.17) is 4.74 Å². The molecule has 0 saturated heterocycles. The number of sulfonamides is 1. The van der Waals surface area contributed by atoms with E-state index in [1.165, 1.54) is 0 Å². The number of H-pyrrole nitrogens is 1. The number of hydrogen-bond donors (Lipinski definition) is 4. The van der Waals surface area contributed by atoms with E-state index in [1.807, 2.05) is 32.9 Å². The Balaban J connectivity index is 1.58. The van der Waals surface area contributed by atoms with Gasteiger partial charge in [-0.15, -0.1) is 0 Å². The highest BCUT2D eigenvalue weighted by atomic mass is 32.2. The average Bonchev–Trinajstić information content (AvgIpc) is 3.25. The molecule has 4 N–H and O–H groups in total. The van der Waals surface area contributed by atoms with E-state index >= 15 is 0 Å². The number of ether oxygens (including phenoxy) is 1. The second-order valence-electron chi connectivity index (χ2n) is 8.07. The van der Waals surface area contributed by atoms with Gasteiger partial charge in [0.15, 0.2) is 5.82 Å². The average molecular weight is 436 g/mol. The van der Waals surface area contributed by atoms with Crippen molar-refractivity contribution in [3.63, 3.8) is 0 Å². The van der Waals surface area contributed by atoms with Crippen LogP contribution in [0.25, 0.3) is 0 Å². The maximum absolute atomic E-state index is 11.8. The van der Waals surface area contributed by atoms with Gasteiger partial charge >= 0.3 is 6.09 Å². The van der Waals surface area contributed by atoms with Gasteiger partial charge in [0.25, 0.3) is 0 Å². The van der Waals surface area contributed by atoms with E-state index in [-0.39, 0.29) is 24.2 Å². The van der Waals surface area contributed by atoms with Crippen LogP contribution in [-0.4, -0.2) is 43.1 Å². The monoisotopic (exact) mass is 435 g/mol. The number of aromatic amines is 1. The van der Waals surface area contributed by atoms with Crippen molar-refractivity contribution in [3.05, 3.63) is 35.5 Å². The fourth-order valence-corrected chi connectivity index (χ4v) is 4.19. The molecule has 1 saturated carbocycles. The zero-order valence-electron chi connectivity index (χ0n) is 17.7. The van der Waals surface area contributed by atoms with Gasteiger partial charge in [-0.25, -0.2) is 13.2 Å². The number of rotatable bonds is 7. The number of aromatic nitrogens is 2. The molecule has 1 heterocycles. The van der Waals surface area contributed by atoms with Crippen LogP contribution in [-0.2, 0) is 14.8 Å². The summed E-state index contributed by atoms with van der Waals surface area (Å²) in [5, 5.41) is 13.4. The third kappa shape index (κ3) is 6.12. The van der Waals surface area contributed by atoms with Crippen molar-refractivity contribution in [1.29, 1.82) is 0 Å². The first-order valence-electron chi connectivity index (χ1n) is 9.97. The Kier molecular flexibility index (Phi) is 6.55. The summed E-state index contributed by atoms with van der Waals surface area (Å²) in [4.78, 5) is 11.8. The molecule has 9 nitrogen and oxygen atoms in total. The molecule has 0 bridgehead atoms. The summed E-state index contributed by atoms with van der Waals surface area (Å²) in [5.41, 5.74) is 3.16. The predicted molar refractivity (Wildman–Crippen MR) is 117 cm³/mol. The van der Waals surface area contributed by atoms with Crippen molar-refractivity contribution < 1.29 is 17.9 Å². The van der Waals surface area contributed by atoms with Gasteiger partial charge in [-0.05, 0) is 63.8 Å². The number of hydrogen-bond acceptors (Lipinski definition) is 6. The van der Waals surface area contributed by atoms with Gasteiger partial charge in [-0.2, -0.15) is 5.10 Å². The van der Waals surface area contributed by atoms with E-state index < -0.39 is 10.0 Å². The first-order chi connectivity index (χ1) is 14.1. The van der Waals surface area contributed by atoms with Crippen molar-refractivity contribution in [2.24, 2.45) is 0 Å². The number of carbonyl (C=O) groups excluding carboxylic acids is 1. The summed E-state index contributed by atoms with van der Waals surface area (Å²) in [6.45, 7) is 5.63. The Morgan fingerprint density at radius 3 is 2.70 bits per heavy atom. The molecular formula is C20H29N5O4S. The quantitative estimate of drug-likeness (QED) is 0.526. The van der Waals surface area contributed by atoms with Crippen LogP contribution in [0.2, 0.25) is 0 Å². The molecule has 2 atom stereocenters. The van der Waals surface area contributed by atoms with Crippen LogP contribution in [0.5, 0.6) is 0 Å². The number of amides is 1.